The molecule has 8 nitrogen and oxygen atoms in total. The number of aliphatic hydroxyl groups excluding tert-OH is 1. The van der Waals surface area contributed by atoms with Crippen molar-refractivity contribution in [1.29, 1.82) is 0 Å². The van der Waals surface area contributed by atoms with Crippen molar-refractivity contribution in [3.8, 4) is 0 Å². The van der Waals surface area contributed by atoms with Crippen LogP contribution in [0.25, 0.3) is 0 Å². The quantitative estimate of drug-likeness (QED) is 0.0272. The number of nitrogens with one attached hydrogen (secondary N) is 1. The molecule has 0 saturated heterocycles. The highest BCUT2D eigenvalue weighted by molar-refractivity contribution is 7.45. The lowest BCUT2D eigenvalue weighted by Gasteiger charge is -2.29. The first kappa shape index (κ1) is 61.5. The van der Waals surface area contributed by atoms with E-state index in [0.717, 1.165) is 64.2 Å². The van der Waals surface area contributed by atoms with Crippen molar-refractivity contribution in [2.24, 2.45) is 0 Å². The van der Waals surface area contributed by atoms with Crippen molar-refractivity contribution in [1.82, 2.24) is 5.32 Å². The number of carbonyl (C=O) groups is 1. The van der Waals surface area contributed by atoms with Gasteiger partial charge in [0.05, 0.1) is 39.9 Å². The van der Waals surface area contributed by atoms with Gasteiger partial charge in [0.15, 0.2) is 0 Å². The maximum atomic E-state index is 12.9. The van der Waals surface area contributed by atoms with Crippen LogP contribution in [0.3, 0.4) is 0 Å². The molecule has 0 rings (SSSR count). The number of quaternary nitrogens is 1. The van der Waals surface area contributed by atoms with Gasteiger partial charge in [0.2, 0.25) is 5.91 Å². The second-order valence-electron chi connectivity index (χ2n) is 19.2. The molecule has 0 aromatic heterocycles. The summed E-state index contributed by atoms with van der Waals surface area (Å²) in [6.07, 6.45) is 59.1. The first-order valence-electron chi connectivity index (χ1n) is 26.5. The zero-order chi connectivity index (χ0) is 46.4. The average Bonchev–Trinajstić information content (AvgIpc) is 3.24. The van der Waals surface area contributed by atoms with Crippen LogP contribution in [0.4, 0.5) is 0 Å². The SMILES string of the molecule is CC/C=C\C/C=C\C/C=C\CCCCCC(=O)NC(COP(=O)([O-])OCC[N+](C)(C)C)C(O)/C=C/CCCCCCCCCCCCCCCCCCCCCCCCCCCC. The summed E-state index contributed by atoms with van der Waals surface area (Å²) in [6, 6.07) is -0.902. The molecule has 63 heavy (non-hydrogen) atoms. The average molecular weight is 907 g/mol. The number of phosphoric ester groups is 1. The number of unbranched alkanes of at least 4 members (excludes halogenated alkanes) is 29. The Balaban J connectivity index is 4.17. The van der Waals surface area contributed by atoms with E-state index < -0.39 is 26.6 Å². The molecule has 0 spiro atoms. The van der Waals surface area contributed by atoms with E-state index >= 15 is 0 Å². The third-order valence-electron chi connectivity index (χ3n) is 11.8. The van der Waals surface area contributed by atoms with Crippen molar-refractivity contribution < 1.29 is 32.9 Å². The Morgan fingerprint density at radius 1 is 0.571 bits per heavy atom. The fourth-order valence-electron chi connectivity index (χ4n) is 7.64. The summed E-state index contributed by atoms with van der Waals surface area (Å²) in [4.78, 5) is 25.3. The van der Waals surface area contributed by atoms with Gasteiger partial charge in [0.25, 0.3) is 7.82 Å². The first-order chi connectivity index (χ1) is 30.5. The fourth-order valence-corrected chi connectivity index (χ4v) is 8.36. The van der Waals surface area contributed by atoms with E-state index in [4.69, 9.17) is 9.05 Å². The van der Waals surface area contributed by atoms with Crippen LogP contribution in [0.5, 0.6) is 0 Å². The smallest absolute Gasteiger partial charge is 0.268 e. The molecule has 0 aliphatic heterocycles. The van der Waals surface area contributed by atoms with Gasteiger partial charge in [-0.15, -0.1) is 0 Å². The molecule has 0 bridgehead atoms. The third kappa shape index (κ3) is 48.2. The minimum atomic E-state index is -4.60. The fraction of sp³-hybridized carbons (Fsp3) is 0.833. The Kier molecular flexibility index (Phi) is 44.5. The van der Waals surface area contributed by atoms with Gasteiger partial charge in [-0.3, -0.25) is 9.36 Å². The lowest BCUT2D eigenvalue weighted by atomic mass is 10.0. The molecule has 1 amide bonds. The Morgan fingerprint density at radius 2 is 0.968 bits per heavy atom. The molecule has 9 heteroatoms. The molecule has 0 aliphatic carbocycles. The molecule has 0 fully saturated rings. The molecule has 0 aromatic carbocycles. The summed E-state index contributed by atoms with van der Waals surface area (Å²) in [5.74, 6) is -0.226. The van der Waals surface area contributed by atoms with Crippen LogP contribution in [-0.4, -0.2) is 68.5 Å². The number of rotatable bonds is 48. The predicted octanol–water partition coefficient (Wildman–Crippen LogP) is 15.0. The van der Waals surface area contributed by atoms with Gasteiger partial charge in [-0.05, 0) is 51.4 Å². The lowest BCUT2D eigenvalue weighted by Crippen LogP contribution is -2.45. The maximum absolute atomic E-state index is 12.9. The van der Waals surface area contributed by atoms with Crippen molar-refractivity contribution in [3.63, 3.8) is 0 Å². The standard InChI is InChI=1S/C54H103N2O6P/c1-6-8-10-12-14-16-18-20-21-22-23-24-25-26-27-28-29-30-31-32-33-34-36-37-39-41-43-45-47-53(57)52(51-62-63(59,60)61-50-49-56(3,4)5)55-54(58)48-46-44-42-40-38-35-19-17-15-13-11-9-7-2/h9,11,15,17,35,38,45,47,52-53,57H,6-8,10,12-14,16,18-34,36-37,39-44,46,48-51H2,1-5H3,(H-,55,58,59,60)/b11-9-,17-15-,38-35-,47-45+. The number of amides is 1. The summed E-state index contributed by atoms with van der Waals surface area (Å²) in [5.41, 5.74) is 0. The number of aliphatic hydroxyl groups is 1. The molecular weight excluding hydrogens is 804 g/mol. The van der Waals surface area contributed by atoms with Gasteiger partial charge in [-0.25, -0.2) is 0 Å². The number of likely N-dealkylation sites (N-methyl/N-ethyl adjacent to an activating group) is 1. The number of hydrogen-bond donors (Lipinski definition) is 2. The van der Waals surface area contributed by atoms with E-state index in [9.17, 15) is 19.4 Å². The van der Waals surface area contributed by atoms with Gasteiger partial charge in [-0.1, -0.05) is 229 Å². The predicted molar refractivity (Wildman–Crippen MR) is 270 cm³/mol. The Bertz CT molecular complexity index is 1170. The van der Waals surface area contributed by atoms with Crippen molar-refractivity contribution in [2.45, 2.75) is 251 Å². The molecule has 0 aliphatic rings. The van der Waals surface area contributed by atoms with Crippen LogP contribution in [0, 0.1) is 0 Å². The lowest BCUT2D eigenvalue weighted by molar-refractivity contribution is -0.870. The van der Waals surface area contributed by atoms with E-state index in [1.165, 1.54) is 154 Å². The topological polar surface area (TPSA) is 108 Å². The molecule has 0 heterocycles. The van der Waals surface area contributed by atoms with Crippen LogP contribution in [0.2, 0.25) is 0 Å². The molecular formula is C54H103N2O6P. The van der Waals surface area contributed by atoms with Gasteiger partial charge in [-0.2, -0.15) is 0 Å². The van der Waals surface area contributed by atoms with Crippen molar-refractivity contribution in [2.75, 3.05) is 40.9 Å². The van der Waals surface area contributed by atoms with Gasteiger partial charge in [0, 0.05) is 6.42 Å². The largest absolute Gasteiger partial charge is 0.756 e. The Labute approximate surface area is 390 Å². The Hall–Kier alpha value is -1.54. The normalized spacial score (nSPS) is 14.5. The summed E-state index contributed by atoms with van der Waals surface area (Å²) >= 11 is 0. The van der Waals surface area contributed by atoms with E-state index in [0.29, 0.717) is 17.4 Å². The van der Waals surface area contributed by atoms with Gasteiger partial charge >= 0.3 is 0 Å². The summed E-state index contributed by atoms with van der Waals surface area (Å²) < 4.78 is 23.2. The van der Waals surface area contributed by atoms with E-state index in [-0.39, 0.29) is 12.5 Å². The minimum absolute atomic E-state index is 0.00801. The minimum Gasteiger partial charge on any atom is -0.756 e. The van der Waals surface area contributed by atoms with Crippen molar-refractivity contribution >= 4 is 13.7 Å². The number of carbonyl (C=O) groups excluding carboxylic acids is 1. The second kappa shape index (κ2) is 45.6. The molecule has 3 atom stereocenters. The van der Waals surface area contributed by atoms with Crippen LogP contribution in [0.1, 0.15) is 239 Å². The summed E-state index contributed by atoms with van der Waals surface area (Å²) in [5, 5.41) is 13.8. The van der Waals surface area contributed by atoms with Gasteiger partial charge < -0.3 is 28.8 Å². The number of nitrogens with zero attached hydrogens (tertiary/aromatic N) is 1. The van der Waals surface area contributed by atoms with Crippen molar-refractivity contribution in [3.05, 3.63) is 48.6 Å². The summed E-state index contributed by atoms with van der Waals surface area (Å²) in [7, 11) is 1.24. The van der Waals surface area contributed by atoms with Gasteiger partial charge in [0.1, 0.15) is 13.2 Å². The monoisotopic (exact) mass is 907 g/mol. The molecule has 0 aromatic rings. The third-order valence-corrected chi connectivity index (χ3v) is 12.8. The molecule has 0 saturated carbocycles. The molecule has 0 radical (unpaired) electrons. The highest BCUT2D eigenvalue weighted by atomic mass is 31.2. The zero-order valence-corrected chi connectivity index (χ0v) is 42.9. The highest BCUT2D eigenvalue weighted by Crippen LogP contribution is 2.38. The van der Waals surface area contributed by atoms with Crippen LogP contribution < -0.4 is 10.2 Å². The number of hydrogen-bond acceptors (Lipinski definition) is 6. The van der Waals surface area contributed by atoms with E-state index in [1.54, 1.807) is 6.08 Å². The molecule has 2 N–H and O–H groups in total. The molecule has 370 valence electrons. The van der Waals surface area contributed by atoms with E-state index in [1.807, 2.05) is 27.2 Å². The van der Waals surface area contributed by atoms with Crippen LogP contribution in [0.15, 0.2) is 48.6 Å². The van der Waals surface area contributed by atoms with Crippen LogP contribution >= 0.6 is 7.82 Å². The zero-order valence-electron chi connectivity index (χ0n) is 42.0. The molecule has 3 unspecified atom stereocenters. The maximum Gasteiger partial charge on any atom is 0.268 e. The second-order valence-corrected chi connectivity index (χ2v) is 20.6. The highest BCUT2D eigenvalue weighted by Gasteiger charge is 2.23. The van der Waals surface area contributed by atoms with E-state index in [2.05, 4.69) is 55.6 Å². The number of phosphoric acid groups is 1. The first-order valence-corrected chi connectivity index (χ1v) is 28.0. The summed E-state index contributed by atoms with van der Waals surface area (Å²) in [6.45, 7) is 4.52. The van der Waals surface area contributed by atoms with Crippen LogP contribution in [-0.2, 0) is 18.4 Å². The Morgan fingerprint density at radius 3 is 1.41 bits per heavy atom. The number of allylic oxidation sites excluding steroid dienone is 7.